The van der Waals surface area contributed by atoms with E-state index in [9.17, 15) is 22.4 Å². The first-order chi connectivity index (χ1) is 20.6. The lowest BCUT2D eigenvalue weighted by atomic mass is 9.99. The van der Waals surface area contributed by atoms with Crippen molar-refractivity contribution in [1.82, 2.24) is 4.90 Å². The highest BCUT2D eigenvalue weighted by molar-refractivity contribution is 7.99. The Balaban J connectivity index is 1.72. The van der Waals surface area contributed by atoms with Gasteiger partial charge in [-0.3, -0.25) is 4.99 Å². The number of halogens is 4. The van der Waals surface area contributed by atoms with Gasteiger partial charge >= 0.3 is 6.18 Å². The number of hydrogen-bond donors (Lipinski definition) is 0. The number of carbonyl (C=O) groups excluding carboxylic acids is 1. The lowest BCUT2D eigenvalue weighted by Crippen LogP contribution is -2.33. The summed E-state index contributed by atoms with van der Waals surface area (Å²) in [5.41, 5.74) is 0.784. The topological polar surface area (TPSA) is 66.6 Å². The van der Waals surface area contributed by atoms with Gasteiger partial charge in [0.15, 0.2) is 11.8 Å². The summed E-state index contributed by atoms with van der Waals surface area (Å²) >= 11 is 1.36. The van der Waals surface area contributed by atoms with Crippen molar-refractivity contribution in [1.29, 1.82) is 0 Å². The number of alkyl halides is 3. The van der Waals surface area contributed by atoms with Gasteiger partial charge in [-0.05, 0) is 61.1 Å². The van der Waals surface area contributed by atoms with Gasteiger partial charge in [-0.1, -0.05) is 31.7 Å². The fraction of sp³-hybridized carbons (Fsp3) is 0.281. The molecule has 0 radical (unpaired) electrons. The molecule has 0 aromatic heterocycles. The van der Waals surface area contributed by atoms with E-state index in [1.165, 1.54) is 30.0 Å². The Morgan fingerprint density at radius 1 is 1.19 bits per heavy atom. The molecule has 224 valence electrons. The summed E-state index contributed by atoms with van der Waals surface area (Å²) in [4.78, 5) is 27.5. The van der Waals surface area contributed by atoms with E-state index in [0.717, 1.165) is 12.5 Å². The summed E-state index contributed by atoms with van der Waals surface area (Å²) in [6.45, 7) is 7.64. The molecule has 1 unspecified atom stereocenters. The second-order valence-corrected chi connectivity index (χ2v) is 10.7. The molecule has 0 amide bonds. The summed E-state index contributed by atoms with van der Waals surface area (Å²) in [5.74, 6) is 2.14. The Kier molecular flexibility index (Phi) is 10.2. The zero-order valence-electron chi connectivity index (χ0n) is 23.9. The van der Waals surface area contributed by atoms with Crippen molar-refractivity contribution in [3.63, 3.8) is 0 Å². The van der Waals surface area contributed by atoms with E-state index >= 15 is 0 Å². The fourth-order valence-corrected chi connectivity index (χ4v) is 5.45. The molecule has 0 aliphatic carbocycles. The maximum atomic E-state index is 14.4. The van der Waals surface area contributed by atoms with Crippen LogP contribution >= 0.6 is 11.8 Å². The van der Waals surface area contributed by atoms with Crippen LogP contribution in [0.25, 0.3) is 0 Å². The minimum Gasteiger partial charge on any atom is -0.485 e. The highest BCUT2D eigenvalue weighted by Gasteiger charge is 2.36. The van der Waals surface area contributed by atoms with E-state index in [0.29, 0.717) is 27.6 Å². The van der Waals surface area contributed by atoms with E-state index in [1.807, 2.05) is 12.9 Å². The van der Waals surface area contributed by atoms with E-state index < -0.39 is 23.6 Å². The highest BCUT2D eigenvalue weighted by Crippen LogP contribution is 2.37. The van der Waals surface area contributed by atoms with Crippen molar-refractivity contribution in [3.8, 4) is 0 Å². The summed E-state index contributed by atoms with van der Waals surface area (Å²) in [7, 11) is 1.66. The first kappa shape index (κ1) is 31.7. The van der Waals surface area contributed by atoms with Crippen LogP contribution in [0.5, 0.6) is 0 Å². The average molecular weight is 611 g/mol. The van der Waals surface area contributed by atoms with Crippen molar-refractivity contribution >= 4 is 35.0 Å². The maximum Gasteiger partial charge on any atom is 0.417 e. The van der Waals surface area contributed by atoms with Crippen molar-refractivity contribution < 1.29 is 27.1 Å². The van der Waals surface area contributed by atoms with Crippen LogP contribution in [0.15, 0.2) is 104 Å². The summed E-state index contributed by atoms with van der Waals surface area (Å²) in [6.07, 6.45) is 0.857. The zero-order chi connectivity index (χ0) is 31.1. The highest BCUT2D eigenvalue weighted by atomic mass is 32.2. The molecular formula is C32H30F4N4O2S. The number of hydrogen-bond acceptors (Lipinski definition) is 7. The van der Waals surface area contributed by atoms with Gasteiger partial charge in [0.2, 0.25) is 5.76 Å². The Hall–Kier alpha value is -4.21. The molecule has 2 heterocycles. The first-order valence-corrected chi connectivity index (χ1v) is 14.6. The molecule has 0 saturated heterocycles. The van der Waals surface area contributed by atoms with Crippen LogP contribution in [-0.4, -0.2) is 60.1 Å². The predicted molar refractivity (Wildman–Crippen MR) is 163 cm³/mol. The smallest absolute Gasteiger partial charge is 0.417 e. The van der Waals surface area contributed by atoms with E-state index in [2.05, 4.69) is 21.6 Å². The van der Waals surface area contributed by atoms with E-state index in [4.69, 9.17) is 4.74 Å². The van der Waals surface area contributed by atoms with Crippen molar-refractivity contribution in [2.45, 2.75) is 37.4 Å². The van der Waals surface area contributed by atoms with Gasteiger partial charge in [0, 0.05) is 23.7 Å². The van der Waals surface area contributed by atoms with Crippen molar-refractivity contribution in [2.24, 2.45) is 15.0 Å². The molecule has 6 nitrogen and oxygen atoms in total. The molecule has 43 heavy (non-hydrogen) atoms. The minimum atomic E-state index is -4.59. The average Bonchev–Trinajstić information content (AvgIpc) is 3.63. The molecule has 4 rings (SSSR count). The van der Waals surface area contributed by atoms with Gasteiger partial charge in [0.05, 0.1) is 35.7 Å². The monoisotopic (exact) mass is 610 g/mol. The largest absolute Gasteiger partial charge is 0.485 e. The van der Waals surface area contributed by atoms with Crippen LogP contribution in [0.2, 0.25) is 0 Å². The van der Waals surface area contributed by atoms with Crippen LogP contribution in [0.3, 0.4) is 0 Å². The molecule has 0 spiro atoms. The van der Waals surface area contributed by atoms with Crippen molar-refractivity contribution in [3.05, 3.63) is 107 Å². The molecule has 11 heteroatoms. The Bertz CT molecular complexity index is 1600. The maximum absolute atomic E-state index is 14.4. The summed E-state index contributed by atoms with van der Waals surface area (Å²) < 4.78 is 62.4. The lowest BCUT2D eigenvalue weighted by Gasteiger charge is -2.28. The van der Waals surface area contributed by atoms with Crippen molar-refractivity contribution in [2.75, 3.05) is 26.0 Å². The molecule has 2 aromatic carbocycles. The number of aliphatic imine (C=N–C) groups is 3. The standard InChI is InChI=1S/C32H30F4N4O2S/c1-5-14-43-21-12-13-22(24(16-21)32(34,35)36)27-15-20(17-37-27)30(29(19-41)42-7-3)40(4)18-28-26(6-2)38-31(39-28)23-10-8-9-11-25(23)33/h6,8-13,15-16,18,30H,2,5,7,14,17H2,1,3-4H3/b28-18+. The van der Waals surface area contributed by atoms with Gasteiger partial charge in [-0.2, -0.15) is 13.2 Å². The second-order valence-electron chi connectivity index (χ2n) is 9.57. The second kappa shape index (κ2) is 13.8. The molecule has 2 aliphatic heterocycles. The van der Waals surface area contributed by atoms with Gasteiger partial charge in [0.1, 0.15) is 17.6 Å². The number of allylic oxidation sites excluding steroid dienone is 2. The molecule has 0 fully saturated rings. The zero-order valence-corrected chi connectivity index (χ0v) is 24.7. The summed E-state index contributed by atoms with van der Waals surface area (Å²) in [6, 6.07) is 9.47. The Morgan fingerprint density at radius 3 is 2.60 bits per heavy atom. The third-order valence-corrected chi connectivity index (χ3v) is 7.76. The number of thioether (sulfide) groups is 1. The molecule has 0 bridgehead atoms. The third kappa shape index (κ3) is 7.24. The molecule has 2 aliphatic rings. The third-order valence-electron chi connectivity index (χ3n) is 6.56. The van der Waals surface area contributed by atoms with Crippen LogP contribution in [-0.2, 0) is 15.7 Å². The van der Waals surface area contributed by atoms with E-state index in [1.54, 1.807) is 55.4 Å². The molecular weight excluding hydrogens is 580 g/mol. The number of amidine groups is 1. The van der Waals surface area contributed by atoms with Crippen LogP contribution in [0, 0.1) is 5.82 Å². The number of rotatable bonds is 12. The fourth-order valence-electron chi connectivity index (χ4n) is 4.64. The van der Waals surface area contributed by atoms with Crippen LogP contribution in [0.4, 0.5) is 17.6 Å². The summed E-state index contributed by atoms with van der Waals surface area (Å²) in [5, 5.41) is 0. The van der Waals surface area contributed by atoms with Gasteiger partial charge in [-0.25, -0.2) is 19.2 Å². The van der Waals surface area contributed by atoms with Crippen LogP contribution in [0.1, 0.15) is 37.0 Å². The van der Waals surface area contributed by atoms with Gasteiger partial charge in [0.25, 0.3) is 0 Å². The van der Waals surface area contributed by atoms with Gasteiger partial charge in [-0.15, -0.1) is 11.8 Å². The minimum absolute atomic E-state index is 0.0293. The van der Waals surface area contributed by atoms with E-state index in [-0.39, 0.29) is 41.6 Å². The number of benzene rings is 2. The van der Waals surface area contributed by atoms with Gasteiger partial charge < -0.3 is 9.64 Å². The molecule has 2 aromatic rings. The molecule has 0 saturated carbocycles. The number of nitrogens with zero attached hydrogens (tertiary/aromatic N) is 4. The number of likely N-dealkylation sites (N-methyl/N-ethyl adjacent to an activating group) is 1. The lowest BCUT2D eigenvalue weighted by molar-refractivity contribution is -0.137. The predicted octanol–water partition coefficient (Wildman–Crippen LogP) is 7.06. The first-order valence-electron chi connectivity index (χ1n) is 13.6. The molecule has 1 atom stereocenters. The SMILES string of the molecule is C=CC1=NC(c2ccccc2F)=N/C1=C/N(C)C(C(=C=O)OCC)C1=CC(c2ccc(SCCC)cc2C(F)(F)F)=NC1. The number of ether oxygens (including phenoxy) is 1. The van der Waals surface area contributed by atoms with Crippen LogP contribution < -0.4 is 0 Å². The normalized spacial score (nSPS) is 16.2. The Morgan fingerprint density at radius 2 is 1.95 bits per heavy atom. The molecule has 0 N–H and O–H groups in total. The Labute approximate surface area is 252 Å². The quantitative estimate of drug-likeness (QED) is 0.112.